The van der Waals surface area contributed by atoms with Gasteiger partial charge in [-0.05, 0) is 17.7 Å². The predicted molar refractivity (Wildman–Crippen MR) is 157 cm³/mol. The molecule has 0 radical (unpaired) electrons. The number of hydrogen-bond donors (Lipinski definition) is 5. The number of amides is 3. The van der Waals surface area contributed by atoms with Gasteiger partial charge in [0.05, 0.1) is 11.6 Å². The number of nitrogens with one attached hydrogen (secondary N) is 3. The minimum Gasteiger partial charge on any atom is -0.479 e. The van der Waals surface area contributed by atoms with Crippen LogP contribution < -0.4 is 26.2 Å². The van der Waals surface area contributed by atoms with E-state index in [-0.39, 0.29) is 56.7 Å². The summed E-state index contributed by atoms with van der Waals surface area (Å²) in [5.74, 6) is -5.87. The summed E-state index contributed by atoms with van der Waals surface area (Å²) in [6.45, 7) is 2.79. The number of anilines is 1. The molecular weight excluding hydrogens is 617 g/mol. The highest BCUT2D eigenvalue weighted by Crippen LogP contribution is 2.33. The van der Waals surface area contributed by atoms with Gasteiger partial charge in [0, 0.05) is 5.92 Å². The molecule has 0 spiro atoms. The minimum absolute atomic E-state index is 0.0723. The molecule has 1 fully saturated rings. The van der Waals surface area contributed by atoms with Gasteiger partial charge in [0.25, 0.3) is 26.8 Å². The van der Waals surface area contributed by atoms with Gasteiger partial charge in [-0.25, -0.2) is 4.79 Å². The first kappa shape index (κ1) is 37.1. The monoisotopic (exact) mass is 648 g/mol. The summed E-state index contributed by atoms with van der Waals surface area (Å²) in [7, 11) is 0.390. The molecule has 0 aliphatic carbocycles. The summed E-state index contributed by atoms with van der Waals surface area (Å²) < 4.78 is 30.7. The Morgan fingerprint density at radius 2 is 1.63 bits per heavy atom. The second-order valence-electron chi connectivity index (χ2n) is 9.86. The van der Waals surface area contributed by atoms with Crippen molar-refractivity contribution in [2.24, 2.45) is 11.7 Å². The van der Waals surface area contributed by atoms with Crippen LogP contribution in [-0.2, 0) is 59.1 Å². The van der Waals surface area contributed by atoms with Crippen LogP contribution in [0.3, 0.4) is 0 Å². The molecule has 1 unspecified atom stereocenters. The number of carbonyl (C=O) groups excluding carboxylic acids is 7. The van der Waals surface area contributed by atoms with E-state index in [0.29, 0.717) is 5.56 Å². The standard InChI is InChI=1S/C24H31B3N4O15/c1-10(2)19(35)30-26-18(28)20(36)31-27-24(40)29-12-5-11(6-41-23(25)39)3-4-13(12)45-22-17(44-9-34)15(43-8-33)14(42-7-32)16(46-22)21(37)38/h3-5,7-10,14-18,22,26-27H,6,25,28H2,1-2H3,(H,29,40)(H,30,35)(H,31,36)(H,37,38)/t14-,15-,16-,17+,18?,22+/m0/s1. The van der Waals surface area contributed by atoms with Crippen LogP contribution in [0.4, 0.5) is 15.3 Å². The van der Waals surface area contributed by atoms with Crippen molar-refractivity contribution < 1.29 is 71.9 Å². The van der Waals surface area contributed by atoms with Crippen LogP contribution in [0.15, 0.2) is 18.2 Å². The summed E-state index contributed by atoms with van der Waals surface area (Å²) in [4.78, 5) is 93.6. The Balaban J connectivity index is 2.32. The van der Waals surface area contributed by atoms with Crippen LogP contribution in [0, 0.1) is 5.92 Å². The highest BCUT2D eigenvalue weighted by Gasteiger charge is 2.54. The van der Waals surface area contributed by atoms with Crippen molar-refractivity contribution in [2.75, 3.05) is 5.32 Å². The Labute approximate surface area is 263 Å². The number of rotatable bonds is 18. The second kappa shape index (κ2) is 18.0. The molecule has 0 aromatic heterocycles. The fourth-order valence-corrected chi connectivity index (χ4v) is 3.92. The zero-order chi connectivity index (χ0) is 34.4. The molecule has 22 heteroatoms. The molecule has 19 nitrogen and oxygen atoms in total. The van der Waals surface area contributed by atoms with Crippen molar-refractivity contribution in [1.82, 2.24) is 10.5 Å². The Hall–Kier alpha value is -5.11. The van der Waals surface area contributed by atoms with Crippen LogP contribution in [0.25, 0.3) is 0 Å². The number of hydrogen-bond acceptors (Lipinski definition) is 15. The molecule has 0 bridgehead atoms. The Bertz CT molecular complexity index is 1300. The number of carbonyl (C=O) groups is 8. The molecule has 46 heavy (non-hydrogen) atoms. The summed E-state index contributed by atoms with van der Waals surface area (Å²) >= 11 is 0. The fourth-order valence-electron chi connectivity index (χ4n) is 3.92. The lowest BCUT2D eigenvalue weighted by atomic mass is 9.80. The van der Waals surface area contributed by atoms with E-state index in [1.54, 1.807) is 13.8 Å². The number of carboxylic acids is 1. The molecule has 1 aromatic rings. The molecule has 1 aliphatic heterocycles. The van der Waals surface area contributed by atoms with Gasteiger partial charge in [0.2, 0.25) is 37.9 Å². The summed E-state index contributed by atoms with van der Waals surface area (Å²) in [6.07, 6.45) is -8.96. The summed E-state index contributed by atoms with van der Waals surface area (Å²) in [5.41, 5.74) is 6.00. The number of aliphatic carboxylic acids is 1. The van der Waals surface area contributed by atoms with Crippen molar-refractivity contribution in [1.29, 1.82) is 0 Å². The van der Waals surface area contributed by atoms with Crippen LogP contribution in [0.1, 0.15) is 19.4 Å². The summed E-state index contributed by atoms with van der Waals surface area (Å²) in [6, 6.07) is 3.99. The molecule has 0 saturated carbocycles. The van der Waals surface area contributed by atoms with E-state index in [1.807, 2.05) is 0 Å². The average molecular weight is 648 g/mol. The maximum atomic E-state index is 12.8. The lowest BCUT2D eigenvalue weighted by Crippen LogP contribution is -2.63. The molecule has 1 saturated heterocycles. The molecule has 2 rings (SSSR count). The number of benzene rings is 1. The SMILES string of the molecule is BC(=O)OCc1ccc(O[C@@H]2O[C@H](C(=O)O)[C@@H](OC=O)[C@H](OC=O)[C@H]2OC=O)c(NC(=O)BNC(=O)C(N)BNC(=O)C(C)C)c1. The van der Waals surface area contributed by atoms with Crippen molar-refractivity contribution in [3.63, 3.8) is 0 Å². The Kier molecular flexibility index (Phi) is 14.5. The molecule has 1 aliphatic rings. The largest absolute Gasteiger partial charge is 0.479 e. The third-order valence-corrected chi connectivity index (χ3v) is 6.16. The van der Waals surface area contributed by atoms with Gasteiger partial charge in [-0.1, -0.05) is 19.9 Å². The van der Waals surface area contributed by atoms with E-state index in [2.05, 4.69) is 15.8 Å². The fraction of sp³-hybridized carbons (Fsp3) is 0.417. The zero-order valence-electron chi connectivity index (χ0n) is 24.9. The van der Waals surface area contributed by atoms with Crippen LogP contribution in [0.5, 0.6) is 5.75 Å². The van der Waals surface area contributed by atoms with Crippen molar-refractivity contribution in [2.45, 2.75) is 57.1 Å². The van der Waals surface area contributed by atoms with Gasteiger partial charge in [0.15, 0.2) is 24.1 Å². The second-order valence-corrected chi connectivity index (χ2v) is 9.86. The molecule has 1 aromatic carbocycles. The molecular formula is C24H31B3N4O15. The van der Waals surface area contributed by atoms with E-state index in [9.17, 15) is 43.5 Å². The Morgan fingerprint density at radius 1 is 1.00 bits per heavy atom. The van der Waals surface area contributed by atoms with Gasteiger partial charge in [-0.2, -0.15) is 0 Å². The van der Waals surface area contributed by atoms with E-state index in [4.69, 9.17) is 34.2 Å². The van der Waals surface area contributed by atoms with E-state index >= 15 is 0 Å². The van der Waals surface area contributed by atoms with Gasteiger partial charge in [0.1, 0.15) is 12.4 Å². The quantitative estimate of drug-likeness (QED) is 0.0580. The van der Waals surface area contributed by atoms with E-state index < -0.39 is 67.6 Å². The first-order valence-electron chi connectivity index (χ1n) is 13.5. The number of ether oxygens (including phenoxy) is 6. The Morgan fingerprint density at radius 3 is 2.22 bits per heavy atom. The summed E-state index contributed by atoms with van der Waals surface area (Å²) in [5, 5.41) is 16.9. The lowest BCUT2D eigenvalue weighted by molar-refractivity contribution is -0.276. The van der Waals surface area contributed by atoms with Crippen LogP contribution in [0.2, 0.25) is 0 Å². The molecule has 246 valence electrons. The van der Waals surface area contributed by atoms with E-state index in [0.717, 1.165) is 0 Å². The van der Waals surface area contributed by atoms with Gasteiger partial charge in [-0.15, -0.1) is 0 Å². The van der Waals surface area contributed by atoms with Gasteiger partial charge < -0.3 is 55.0 Å². The predicted octanol–water partition coefficient (Wildman–Crippen LogP) is -3.82. The van der Waals surface area contributed by atoms with Gasteiger partial charge >= 0.3 is 13.4 Å². The lowest BCUT2D eigenvalue weighted by Gasteiger charge is -2.41. The maximum absolute atomic E-state index is 12.8. The van der Waals surface area contributed by atoms with Crippen molar-refractivity contribution in [3.05, 3.63) is 23.8 Å². The van der Waals surface area contributed by atoms with Crippen LogP contribution >= 0.6 is 0 Å². The zero-order valence-corrected chi connectivity index (χ0v) is 24.9. The first-order valence-corrected chi connectivity index (χ1v) is 13.5. The molecule has 1 heterocycles. The molecule has 6 atom stereocenters. The third-order valence-electron chi connectivity index (χ3n) is 6.16. The van der Waals surface area contributed by atoms with Crippen molar-refractivity contribution in [3.8, 4) is 5.75 Å². The smallest absolute Gasteiger partial charge is 0.344 e. The normalized spacial score (nSPS) is 20.8. The first-order chi connectivity index (χ1) is 21.8. The maximum Gasteiger partial charge on any atom is 0.344 e. The third kappa shape index (κ3) is 10.8. The number of carboxylic acid groups (broad SMARTS) is 1. The highest BCUT2D eigenvalue weighted by atomic mass is 16.7. The topological polar surface area (TPSA) is 274 Å². The highest BCUT2D eigenvalue weighted by molar-refractivity contribution is 6.75. The number of nitrogens with two attached hydrogens (primary N) is 1. The minimum atomic E-state index is -1.97. The van der Waals surface area contributed by atoms with E-state index in [1.165, 1.54) is 26.0 Å². The molecule has 3 amide bonds. The average Bonchev–Trinajstić information content (AvgIpc) is 3.00. The van der Waals surface area contributed by atoms with Crippen molar-refractivity contribution >= 4 is 77.2 Å². The molecule has 6 N–H and O–H groups in total. The van der Waals surface area contributed by atoms with Gasteiger partial charge in [-0.3, -0.25) is 33.6 Å². The van der Waals surface area contributed by atoms with Crippen LogP contribution in [-0.4, -0.2) is 113 Å².